The Morgan fingerprint density at radius 3 is 2.83 bits per heavy atom. The van der Waals surface area contributed by atoms with Crippen LogP contribution in [0.2, 0.25) is 0 Å². The summed E-state index contributed by atoms with van der Waals surface area (Å²) in [5.41, 5.74) is 7.63. The second-order valence-corrected chi connectivity index (χ2v) is 5.11. The highest BCUT2D eigenvalue weighted by Gasteiger charge is 2.18. The summed E-state index contributed by atoms with van der Waals surface area (Å²) in [6.07, 6.45) is 1.52. The number of rotatable bonds is 5. The van der Waals surface area contributed by atoms with Crippen LogP contribution >= 0.6 is 0 Å². The predicted octanol–water partition coefficient (Wildman–Crippen LogP) is 2.04. The van der Waals surface area contributed by atoms with Gasteiger partial charge < -0.3 is 25.4 Å². The normalized spacial score (nSPS) is 14.6. The van der Waals surface area contributed by atoms with E-state index in [1.165, 1.54) is 6.33 Å². The highest BCUT2D eigenvalue weighted by atomic mass is 16.5. The van der Waals surface area contributed by atoms with E-state index in [4.69, 9.17) is 15.2 Å². The first-order valence-electron chi connectivity index (χ1n) is 7.71. The summed E-state index contributed by atoms with van der Waals surface area (Å²) in [5.74, 6) is 2.08. The second kappa shape index (κ2) is 7.15. The number of hydrogen-bond acceptors (Lipinski definition) is 7. The van der Waals surface area contributed by atoms with Crippen LogP contribution in [-0.2, 0) is 4.74 Å². The van der Waals surface area contributed by atoms with E-state index in [0.717, 1.165) is 30.3 Å². The zero-order valence-corrected chi connectivity index (χ0v) is 13.2. The monoisotopic (exact) mass is 315 g/mol. The van der Waals surface area contributed by atoms with Crippen LogP contribution in [0.4, 0.5) is 23.0 Å². The minimum Gasteiger partial charge on any atom is -0.492 e. The van der Waals surface area contributed by atoms with E-state index in [-0.39, 0.29) is 0 Å². The predicted molar refractivity (Wildman–Crippen MR) is 90.4 cm³/mol. The molecule has 1 saturated heterocycles. The van der Waals surface area contributed by atoms with Gasteiger partial charge in [0.1, 0.15) is 17.8 Å². The average molecular weight is 315 g/mol. The first-order chi connectivity index (χ1) is 11.3. The summed E-state index contributed by atoms with van der Waals surface area (Å²) >= 11 is 0. The molecule has 1 aliphatic rings. The van der Waals surface area contributed by atoms with Gasteiger partial charge in [0.05, 0.1) is 25.5 Å². The number of morpholine rings is 1. The van der Waals surface area contributed by atoms with Crippen molar-refractivity contribution < 1.29 is 9.47 Å². The molecule has 0 atom stereocenters. The Morgan fingerprint density at radius 2 is 2.04 bits per heavy atom. The Balaban J connectivity index is 1.86. The summed E-state index contributed by atoms with van der Waals surface area (Å²) in [4.78, 5) is 10.7. The molecule has 0 amide bonds. The van der Waals surface area contributed by atoms with Crippen molar-refractivity contribution in [1.29, 1.82) is 0 Å². The Bertz CT molecular complexity index is 659. The van der Waals surface area contributed by atoms with Crippen molar-refractivity contribution in [2.45, 2.75) is 6.92 Å². The van der Waals surface area contributed by atoms with Gasteiger partial charge in [-0.15, -0.1) is 0 Å². The van der Waals surface area contributed by atoms with Crippen molar-refractivity contribution in [3.8, 4) is 5.75 Å². The molecule has 3 N–H and O–H groups in total. The van der Waals surface area contributed by atoms with Gasteiger partial charge in [-0.05, 0) is 19.1 Å². The highest BCUT2D eigenvalue weighted by molar-refractivity contribution is 5.79. The lowest BCUT2D eigenvalue weighted by molar-refractivity contribution is 0.122. The van der Waals surface area contributed by atoms with Crippen LogP contribution in [0.25, 0.3) is 0 Å². The number of anilines is 4. The van der Waals surface area contributed by atoms with Gasteiger partial charge >= 0.3 is 0 Å². The molecule has 2 aromatic rings. The molecule has 23 heavy (non-hydrogen) atoms. The third kappa shape index (κ3) is 3.45. The largest absolute Gasteiger partial charge is 0.492 e. The van der Waals surface area contributed by atoms with Gasteiger partial charge in [-0.2, -0.15) is 0 Å². The smallest absolute Gasteiger partial charge is 0.159 e. The van der Waals surface area contributed by atoms with Gasteiger partial charge in [0.15, 0.2) is 11.6 Å². The number of hydrogen-bond donors (Lipinski definition) is 2. The van der Waals surface area contributed by atoms with E-state index in [1.807, 2.05) is 31.2 Å². The summed E-state index contributed by atoms with van der Waals surface area (Å²) in [6.45, 7) is 5.45. The fourth-order valence-electron chi connectivity index (χ4n) is 2.49. The molecular weight excluding hydrogens is 294 g/mol. The summed E-state index contributed by atoms with van der Waals surface area (Å²) in [6, 6.07) is 7.71. The van der Waals surface area contributed by atoms with Gasteiger partial charge in [-0.25, -0.2) is 9.97 Å². The third-order valence-electron chi connectivity index (χ3n) is 3.61. The van der Waals surface area contributed by atoms with Gasteiger partial charge in [-0.1, -0.05) is 12.1 Å². The molecule has 1 aliphatic heterocycles. The standard InChI is InChI=1S/C16H21N5O2/c1-2-23-13-6-4-3-5-12(13)20-15-14(17)16(19-11-18-15)21-7-9-22-10-8-21/h3-6,11H,2,7-10,17H2,1H3,(H,18,19,20). The lowest BCUT2D eigenvalue weighted by atomic mass is 10.2. The van der Waals surface area contributed by atoms with Crippen LogP contribution in [0.5, 0.6) is 5.75 Å². The molecule has 3 rings (SSSR count). The molecule has 1 aromatic carbocycles. The summed E-state index contributed by atoms with van der Waals surface area (Å²) < 4.78 is 11.0. The fraction of sp³-hybridized carbons (Fsp3) is 0.375. The number of nitrogens with one attached hydrogen (secondary N) is 1. The number of benzene rings is 1. The lowest BCUT2D eigenvalue weighted by Gasteiger charge is -2.29. The van der Waals surface area contributed by atoms with Gasteiger partial charge in [0, 0.05) is 13.1 Å². The number of nitrogens with zero attached hydrogens (tertiary/aromatic N) is 3. The molecule has 1 fully saturated rings. The van der Waals surface area contributed by atoms with E-state index in [1.54, 1.807) is 0 Å². The van der Waals surface area contributed by atoms with Crippen LogP contribution in [0.15, 0.2) is 30.6 Å². The molecule has 0 spiro atoms. The Morgan fingerprint density at radius 1 is 1.26 bits per heavy atom. The number of nitrogen functional groups attached to an aromatic ring is 1. The zero-order chi connectivity index (χ0) is 16.1. The quantitative estimate of drug-likeness (QED) is 0.873. The first-order valence-corrected chi connectivity index (χ1v) is 7.71. The van der Waals surface area contributed by atoms with Gasteiger partial charge in [-0.3, -0.25) is 0 Å². The maximum Gasteiger partial charge on any atom is 0.159 e. The zero-order valence-electron chi connectivity index (χ0n) is 13.2. The van der Waals surface area contributed by atoms with E-state index < -0.39 is 0 Å². The van der Waals surface area contributed by atoms with Crippen molar-refractivity contribution >= 4 is 23.0 Å². The second-order valence-electron chi connectivity index (χ2n) is 5.11. The molecule has 7 nitrogen and oxygen atoms in total. The van der Waals surface area contributed by atoms with E-state index >= 15 is 0 Å². The first kappa shape index (κ1) is 15.4. The highest BCUT2D eigenvalue weighted by Crippen LogP contribution is 2.32. The van der Waals surface area contributed by atoms with Crippen molar-refractivity contribution in [1.82, 2.24) is 9.97 Å². The minimum atomic E-state index is 0.528. The van der Waals surface area contributed by atoms with E-state index in [9.17, 15) is 0 Å². The van der Waals surface area contributed by atoms with Crippen LogP contribution in [0.1, 0.15) is 6.92 Å². The molecule has 0 saturated carbocycles. The maximum absolute atomic E-state index is 6.28. The molecule has 0 unspecified atom stereocenters. The summed E-state index contributed by atoms with van der Waals surface area (Å²) in [5, 5.41) is 3.25. The SMILES string of the molecule is CCOc1ccccc1Nc1ncnc(N2CCOCC2)c1N. The van der Waals surface area contributed by atoms with Crippen LogP contribution in [0.3, 0.4) is 0 Å². The fourth-order valence-corrected chi connectivity index (χ4v) is 2.49. The van der Waals surface area contributed by atoms with Crippen molar-refractivity contribution in [3.05, 3.63) is 30.6 Å². The molecular formula is C16H21N5O2. The summed E-state index contributed by atoms with van der Waals surface area (Å²) in [7, 11) is 0. The average Bonchev–Trinajstić information content (AvgIpc) is 2.59. The Labute approximate surface area is 135 Å². The minimum absolute atomic E-state index is 0.528. The van der Waals surface area contributed by atoms with Crippen molar-refractivity contribution in [3.63, 3.8) is 0 Å². The van der Waals surface area contributed by atoms with Crippen molar-refractivity contribution in [2.24, 2.45) is 0 Å². The topological polar surface area (TPSA) is 85.5 Å². The molecule has 1 aromatic heterocycles. The van der Waals surface area contributed by atoms with E-state index in [2.05, 4.69) is 20.2 Å². The molecule has 0 bridgehead atoms. The molecule has 2 heterocycles. The third-order valence-corrected chi connectivity index (χ3v) is 3.61. The van der Waals surface area contributed by atoms with Crippen molar-refractivity contribution in [2.75, 3.05) is 48.9 Å². The van der Waals surface area contributed by atoms with Crippen LogP contribution < -0.4 is 20.7 Å². The Hall–Kier alpha value is -2.54. The molecule has 7 heteroatoms. The molecule has 0 aliphatic carbocycles. The van der Waals surface area contributed by atoms with Gasteiger partial charge in [0.2, 0.25) is 0 Å². The number of para-hydroxylation sites is 2. The molecule has 0 radical (unpaired) electrons. The number of ether oxygens (including phenoxy) is 2. The van der Waals surface area contributed by atoms with Crippen LogP contribution in [0, 0.1) is 0 Å². The number of aromatic nitrogens is 2. The van der Waals surface area contributed by atoms with Crippen LogP contribution in [-0.4, -0.2) is 42.9 Å². The van der Waals surface area contributed by atoms with Gasteiger partial charge in [0.25, 0.3) is 0 Å². The Kier molecular flexibility index (Phi) is 4.77. The lowest BCUT2D eigenvalue weighted by Crippen LogP contribution is -2.37. The van der Waals surface area contributed by atoms with E-state index in [0.29, 0.717) is 31.3 Å². The maximum atomic E-state index is 6.28. The number of nitrogens with two attached hydrogens (primary N) is 1. The molecule has 122 valence electrons.